The summed E-state index contributed by atoms with van der Waals surface area (Å²) in [5, 5.41) is 21.2. The monoisotopic (exact) mass is 329 g/mol. The summed E-state index contributed by atoms with van der Waals surface area (Å²) in [6.45, 7) is 8.34. The highest BCUT2D eigenvalue weighted by molar-refractivity contribution is 5.79. The van der Waals surface area contributed by atoms with Crippen LogP contribution in [0.3, 0.4) is 0 Å². The second-order valence-electron chi connectivity index (χ2n) is 6.20. The fourth-order valence-corrected chi connectivity index (χ4v) is 3.25. The Morgan fingerprint density at radius 2 is 1.96 bits per heavy atom. The van der Waals surface area contributed by atoms with E-state index in [2.05, 4.69) is 33.4 Å². The molecule has 1 aromatic rings. The maximum absolute atomic E-state index is 12.1. The number of hydrogen-bond donors (Lipinski definition) is 1. The number of amides is 1. The highest BCUT2D eigenvalue weighted by Gasteiger charge is 2.27. The Bertz CT molecular complexity index is 615. The predicted molar refractivity (Wildman–Crippen MR) is 93.7 cm³/mol. The first kappa shape index (κ1) is 18.2. The van der Waals surface area contributed by atoms with Crippen molar-refractivity contribution in [2.24, 2.45) is 5.92 Å². The van der Waals surface area contributed by atoms with Gasteiger partial charge in [0.05, 0.1) is 5.69 Å². The summed E-state index contributed by atoms with van der Waals surface area (Å²) in [5.41, 5.74) is 2.57. The van der Waals surface area contributed by atoms with Gasteiger partial charge in [-0.3, -0.25) is 4.79 Å². The van der Waals surface area contributed by atoms with E-state index >= 15 is 0 Å². The van der Waals surface area contributed by atoms with Crippen LogP contribution in [-0.4, -0.2) is 35.7 Å². The first-order valence-electron chi connectivity index (χ1n) is 8.97. The minimum atomic E-state index is 0.0619. The molecule has 0 saturated carbocycles. The number of aromatic nitrogens is 2. The minimum absolute atomic E-state index is 0.0619. The molecular weight excluding hydrogens is 302 g/mol. The van der Waals surface area contributed by atoms with E-state index in [1.54, 1.807) is 0 Å². The van der Waals surface area contributed by atoms with Crippen molar-refractivity contribution in [3.63, 3.8) is 0 Å². The Kier molecular flexibility index (Phi) is 6.53. The van der Waals surface area contributed by atoms with Crippen molar-refractivity contribution in [3.8, 4) is 6.07 Å². The quantitative estimate of drug-likeness (QED) is 0.865. The van der Waals surface area contributed by atoms with Gasteiger partial charge in [0.1, 0.15) is 11.6 Å². The van der Waals surface area contributed by atoms with Crippen LogP contribution in [0.2, 0.25) is 0 Å². The Morgan fingerprint density at radius 1 is 1.25 bits per heavy atom. The lowest BCUT2D eigenvalue weighted by atomic mass is 9.95. The molecule has 0 aromatic carbocycles. The van der Waals surface area contributed by atoms with Crippen LogP contribution in [0.1, 0.15) is 56.9 Å². The molecule has 1 amide bonds. The van der Waals surface area contributed by atoms with Crippen LogP contribution in [0.25, 0.3) is 0 Å². The highest BCUT2D eigenvalue weighted by atomic mass is 16.1. The molecule has 1 fully saturated rings. The molecule has 0 bridgehead atoms. The Hall–Kier alpha value is -2.16. The van der Waals surface area contributed by atoms with Crippen molar-refractivity contribution < 1.29 is 4.79 Å². The number of nitrogens with one attached hydrogen (secondary N) is 1. The number of carbonyl (C=O) groups is 1. The van der Waals surface area contributed by atoms with Gasteiger partial charge in [-0.2, -0.15) is 10.4 Å². The van der Waals surface area contributed by atoms with E-state index in [1.165, 1.54) is 0 Å². The lowest BCUT2D eigenvalue weighted by molar-refractivity contribution is -0.125. The van der Waals surface area contributed by atoms with Crippen molar-refractivity contribution in [2.75, 3.05) is 24.5 Å². The van der Waals surface area contributed by atoms with Crippen molar-refractivity contribution in [3.05, 3.63) is 16.8 Å². The number of nitrogens with zero attached hydrogens (tertiary/aromatic N) is 4. The summed E-state index contributed by atoms with van der Waals surface area (Å²) < 4.78 is 0. The zero-order valence-corrected chi connectivity index (χ0v) is 14.9. The van der Waals surface area contributed by atoms with Crippen LogP contribution < -0.4 is 10.2 Å². The van der Waals surface area contributed by atoms with Crippen LogP contribution >= 0.6 is 0 Å². The molecular formula is C18H27N5O. The third kappa shape index (κ3) is 3.84. The van der Waals surface area contributed by atoms with E-state index in [-0.39, 0.29) is 11.8 Å². The summed E-state index contributed by atoms with van der Waals surface area (Å²) >= 11 is 0. The number of aryl methyl sites for hydroxylation is 1. The normalized spacial score (nSPS) is 15.2. The zero-order valence-electron chi connectivity index (χ0n) is 14.9. The molecule has 0 spiro atoms. The van der Waals surface area contributed by atoms with Gasteiger partial charge in [0, 0.05) is 25.6 Å². The molecule has 0 aliphatic carbocycles. The first-order valence-corrected chi connectivity index (χ1v) is 8.97. The van der Waals surface area contributed by atoms with E-state index in [1.807, 2.05) is 13.8 Å². The summed E-state index contributed by atoms with van der Waals surface area (Å²) in [4.78, 5) is 14.2. The summed E-state index contributed by atoms with van der Waals surface area (Å²) in [5.74, 6) is 0.893. The second-order valence-corrected chi connectivity index (χ2v) is 6.20. The Morgan fingerprint density at radius 3 is 2.50 bits per heavy atom. The molecule has 24 heavy (non-hydrogen) atoms. The standard InChI is InChI=1S/C18H27N5O/c1-4-9-20-18(24)13-7-10-23(11-8-13)17-15(12-19)14(5-2)16(6-3)21-22-17/h13H,4-11H2,1-3H3,(H,20,24). The lowest BCUT2D eigenvalue weighted by Gasteiger charge is -2.32. The molecule has 6 nitrogen and oxygen atoms in total. The topological polar surface area (TPSA) is 81.9 Å². The molecule has 0 atom stereocenters. The average molecular weight is 329 g/mol. The van der Waals surface area contributed by atoms with Gasteiger partial charge in [0.2, 0.25) is 5.91 Å². The van der Waals surface area contributed by atoms with Crippen molar-refractivity contribution in [1.29, 1.82) is 5.26 Å². The first-order chi connectivity index (χ1) is 11.7. The smallest absolute Gasteiger partial charge is 0.223 e. The van der Waals surface area contributed by atoms with E-state index in [0.29, 0.717) is 11.4 Å². The van der Waals surface area contributed by atoms with Gasteiger partial charge in [-0.25, -0.2) is 0 Å². The van der Waals surface area contributed by atoms with Crippen LogP contribution in [-0.2, 0) is 17.6 Å². The molecule has 1 N–H and O–H groups in total. The number of nitriles is 1. The van der Waals surface area contributed by atoms with E-state index in [4.69, 9.17) is 0 Å². The molecule has 6 heteroatoms. The van der Waals surface area contributed by atoms with Crippen molar-refractivity contribution in [2.45, 2.75) is 52.9 Å². The van der Waals surface area contributed by atoms with Gasteiger partial charge in [-0.05, 0) is 37.7 Å². The van der Waals surface area contributed by atoms with E-state index < -0.39 is 0 Å². The number of hydrogen-bond acceptors (Lipinski definition) is 5. The third-order valence-electron chi connectivity index (χ3n) is 4.65. The van der Waals surface area contributed by atoms with Gasteiger partial charge in [0.15, 0.2) is 5.82 Å². The molecule has 1 saturated heterocycles. The summed E-state index contributed by atoms with van der Waals surface area (Å²) in [7, 11) is 0. The van der Waals surface area contributed by atoms with Crippen LogP contribution in [0.4, 0.5) is 5.82 Å². The number of rotatable bonds is 6. The molecule has 0 radical (unpaired) electrons. The lowest BCUT2D eigenvalue weighted by Crippen LogP contribution is -2.41. The van der Waals surface area contributed by atoms with Crippen LogP contribution in [0.5, 0.6) is 0 Å². The molecule has 1 aliphatic rings. The van der Waals surface area contributed by atoms with Gasteiger partial charge in [0.25, 0.3) is 0 Å². The van der Waals surface area contributed by atoms with E-state index in [9.17, 15) is 10.1 Å². The number of anilines is 1. The predicted octanol–water partition coefficient (Wildman–Crippen LogP) is 2.22. The maximum atomic E-state index is 12.1. The highest BCUT2D eigenvalue weighted by Crippen LogP contribution is 2.27. The summed E-state index contributed by atoms with van der Waals surface area (Å²) in [6, 6.07) is 2.33. The van der Waals surface area contributed by atoms with Crippen molar-refractivity contribution in [1.82, 2.24) is 15.5 Å². The fourth-order valence-electron chi connectivity index (χ4n) is 3.25. The Balaban J connectivity index is 2.12. The zero-order chi connectivity index (χ0) is 17.5. The molecule has 1 aliphatic heterocycles. The largest absolute Gasteiger partial charge is 0.356 e. The van der Waals surface area contributed by atoms with Gasteiger partial charge < -0.3 is 10.2 Å². The Labute approximate surface area is 144 Å². The fraction of sp³-hybridized carbons (Fsp3) is 0.667. The average Bonchev–Trinajstić information content (AvgIpc) is 2.64. The van der Waals surface area contributed by atoms with Gasteiger partial charge in [-0.15, -0.1) is 5.10 Å². The third-order valence-corrected chi connectivity index (χ3v) is 4.65. The molecule has 0 unspecified atom stereocenters. The SMILES string of the molecule is CCCNC(=O)C1CCN(c2nnc(CC)c(CC)c2C#N)CC1. The van der Waals surface area contributed by atoms with Crippen LogP contribution in [0, 0.1) is 17.2 Å². The molecule has 2 rings (SSSR count). The van der Waals surface area contributed by atoms with Crippen LogP contribution in [0.15, 0.2) is 0 Å². The van der Waals surface area contributed by atoms with E-state index in [0.717, 1.165) is 63.0 Å². The summed E-state index contributed by atoms with van der Waals surface area (Å²) in [6.07, 6.45) is 4.10. The molecule has 2 heterocycles. The van der Waals surface area contributed by atoms with Gasteiger partial charge >= 0.3 is 0 Å². The second kappa shape index (κ2) is 8.62. The number of carbonyl (C=O) groups excluding carboxylic acids is 1. The maximum Gasteiger partial charge on any atom is 0.223 e. The number of piperidine rings is 1. The van der Waals surface area contributed by atoms with Crippen molar-refractivity contribution >= 4 is 11.7 Å². The molecule has 130 valence electrons. The van der Waals surface area contributed by atoms with Gasteiger partial charge in [-0.1, -0.05) is 20.8 Å². The molecule has 1 aromatic heterocycles. The minimum Gasteiger partial charge on any atom is -0.356 e.